The van der Waals surface area contributed by atoms with Crippen molar-refractivity contribution < 1.29 is 9.72 Å². The number of carbonyl (C=O) groups excluding carboxylic acids is 1. The summed E-state index contributed by atoms with van der Waals surface area (Å²) in [6.45, 7) is 2.38. The van der Waals surface area contributed by atoms with E-state index in [2.05, 4.69) is 20.4 Å². The Bertz CT molecular complexity index is 1240. The van der Waals surface area contributed by atoms with Gasteiger partial charge >= 0.3 is 0 Å². The molecule has 11 heteroatoms. The van der Waals surface area contributed by atoms with Gasteiger partial charge in [0.1, 0.15) is 12.7 Å². The molecule has 4 rings (SSSR count). The highest BCUT2D eigenvalue weighted by Crippen LogP contribution is 2.36. The molecule has 2 aromatic carbocycles. The number of aromatic nitrogens is 4. The van der Waals surface area contributed by atoms with Gasteiger partial charge in [0.25, 0.3) is 11.6 Å². The summed E-state index contributed by atoms with van der Waals surface area (Å²) in [6.07, 6.45) is 3.06. The minimum absolute atomic E-state index is 0.134. The van der Waals surface area contributed by atoms with Crippen LogP contribution in [0.4, 0.5) is 11.4 Å². The zero-order valence-corrected chi connectivity index (χ0v) is 17.9. The van der Waals surface area contributed by atoms with Gasteiger partial charge in [-0.3, -0.25) is 14.9 Å². The molecule has 2 aromatic heterocycles. The predicted molar refractivity (Wildman–Crippen MR) is 118 cm³/mol. The molecule has 0 saturated heterocycles. The molecule has 0 aliphatic carbocycles. The number of aryl methyl sites for hydroxylation is 1. The minimum atomic E-state index is -0.488. The van der Waals surface area contributed by atoms with E-state index in [1.807, 2.05) is 30.5 Å². The number of anilines is 1. The second kappa shape index (κ2) is 9.06. The molecule has 0 aliphatic heterocycles. The molecule has 0 bridgehead atoms. The van der Waals surface area contributed by atoms with Crippen molar-refractivity contribution in [2.75, 3.05) is 5.32 Å². The second-order valence-corrected chi connectivity index (χ2v) is 8.69. The Kier molecular flexibility index (Phi) is 6.05. The first-order valence-electron chi connectivity index (χ1n) is 9.09. The first-order valence-corrected chi connectivity index (χ1v) is 10.8. The van der Waals surface area contributed by atoms with Crippen molar-refractivity contribution in [2.45, 2.75) is 22.7 Å². The van der Waals surface area contributed by atoms with E-state index in [4.69, 9.17) is 0 Å². The summed E-state index contributed by atoms with van der Waals surface area (Å²) >= 11 is 2.63. The Labute approximate surface area is 185 Å². The highest BCUT2D eigenvalue weighted by Gasteiger charge is 2.19. The lowest BCUT2D eigenvalue weighted by Crippen LogP contribution is -2.12. The summed E-state index contributed by atoms with van der Waals surface area (Å²) in [5.74, 6) is -0.428. The van der Waals surface area contributed by atoms with Gasteiger partial charge in [-0.25, -0.2) is 14.6 Å². The fraction of sp³-hybridized carbons (Fsp3) is 0.100. The van der Waals surface area contributed by atoms with E-state index in [0.29, 0.717) is 21.5 Å². The van der Waals surface area contributed by atoms with E-state index < -0.39 is 10.8 Å². The second-order valence-electron chi connectivity index (χ2n) is 6.54. The van der Waals surface area contributed by atoms with Gasteiger partial charge in [-0.05, 0) is 36.8 Å². The maximum absolute atomic E-state index is 12.7. The molecule has 1 N–H and O–H groups in total. The van der Waals surface area contributed by atoms with Crippen LogP contribution >= 0.6 is 23.1 Å². The van der Waals surface area contributed by atoms with Crippen molar-refractivity contribution in [3.05, 3.63) is 87.4 Å². The average Bonchev–Trinajstić information content (AvgIpc) is 3.40. The first kappa shape index (κ1) is 20.7. The van der Waals surface area contributed by atoms with Gasteiger partial charge in [-0.1, -0.05) is 23.9 Å². The van der Waals surface area contributed by atoms with Crippen LogP contribution in [0.3, 0.4) is 0 Å². The number of thiazole rings is 1. The van der Waals surface area contributed by atoms with Crippen molar-refractivity contribution >= 4 is 40.4 Å². The number of carbonyl (C=O) groups is 1. The molecule has 0 atom stereocenters. The van der Waals surface area contributed by atoms with Gasteiger partial charge in [0.2, 0.25) is 0 Å². The standard InChI is InChI=1S/C20H16N6O3S2/c1-13-10-30-20(23-13)31-18-6-5-15(8-17(18)26(28)29)19(27)24-16-4-2-3-14(7-16)9-25-12-21-11-22-25/h2-8,10-12H,9H2,1H3,(H,24,27). The lowest BCUT2D eigenvalue weighted by atomic mass is 10.1. The van der Waals surface area contributed by atoms with E-state index >= 15 is 0 Å². The van der Waals surface area contributed by atoms with Crippen LogP contribution in [-0.2, 0) is 6.54 Å². The number of hydrogen-bond acceptors (Lipinski definition) is 8. The van der Waals surface area contributed by atoms with Gasteiger partial charge in [-0.15, -0.1) is 11.3 Å². The SMILES string of the molecule is Cc1csc(Sc2ccc(C(=O)Nc3cccc(Cn4cncn4)c3)cc2[N+](=O)[O-])n1. The molecule has 9 nitrogen and oxygen atoms in total. The Morgan fingerprint density at radius 1 is 1.29 bits per heavy atom. The topological polar surface area (TPSA) is 116 Å². The largest absolute Gasteiger partial charge is 0.322 e. The maximum Gasteiger partial charge on any atom is 0.284 e. The smallest absolute Gasteiger partial charge is 0.284 e. The molecule has 0 radical (unpaired) electrons. The molecular weight excluding hydrogens is 436 g/mol. The number of rotatable bonds is 7. The Hall–Kier alpha value is -3.57. The van der Waals surface area contributed by atoms with Crippen LogP contribution in [-0.4, -0.2) is 30.6 Å². The van der Waals surface area contributed by atoms with Crippen LogP contribution in [0.25, 0.3) is 0 Å². The molecule has 0 aliphatic rings. The molecule has 1 amide bonds. The van der Waals surface area contributed by atoms with Crippen molar-refractivity contribution in [1.82, 2.24) is 19.7 Å². The van der Waals surface area contributed by atoms with Crippen LogP contribution < -0.4 is 5.32 Å². The van der Waals surface area contributed by atoms with Gasteiger partial charge in [0.15, 0.2) is 4.34 Å². The van der Waals surface area contributed by atoms with E-state index in [9.17, 15) is 14.9 Å². The maximum atomic E-state index is 12.7. The Morgan fingerprint density at radius 2 is 2.16 bits per heavy atom. The van der Waals surface area contributed by atoms with E-state index in [1.165, 1.54) is 35.5 Å². The average molecular weight is 453 g/mol. The summed E-state index contributed by atoms with van der Waals surface area (Å²) < 4.78 is 2.38. The number of benzene rings is 2. The lowest BCUT2D eigenvalue weighted by Gasteiger charge is -2.09. The normalized spacial score (nSPS) is 10.7. The summed E-state index contributed by atoms with van der Waals surface area (Å²) in [7, 11) is 0. The summed E-state index contributed by atoms with van der Waals surface area (Å²) in [5.41, 5.74) is 2.44. The van der Waals surface area contributed by atoms with Crippen molar-refractivity contribution in [3.63, 3.8) is 0 Å². The summed E-state index contributed by atoms with van der Waals surface area (Å²) in [5, 5.41) is 20.3. The summed E-state index contributed by atoms with van der Waals surface area (Å²) in [4.78, 5) is 32.5. The molecule has 156 valence electrons. The zero-order valence-electron chi connectivity index (χ0n) is 16.3. The number of amides is 1. The molecule has 0 fully saturated rings. The van der Waals surface area contributed by atoms with Gasteiger partial charge < -0.3 is 5.32 Å². The fourth-order valence-corrected chi connectivity index (χ4v) is 4.69. The molecule has 0 saturated carbocycles. The number of nitro groups is 1. The van der Waals surface area contributed by atoms with Gasteiger partial charge in [0.05, 0.1) is 16.4 Å². The number of nitro benzene ring substituents is 1. The third-order valence-electron chi connectivity index (χ3n) is 4.21. The Morgan fingerprint density at radius 3 is 2.87 bits per heavy atom. The third kappa shape index (κ3) is 5.13. The van der Waals surface area contributed by atoms with Crippen LogP contribution in [0, 0.1) is 17.0 Å². The zero-order chi connectivity index (χ0) is 21.8. The van der Waals surface area contributed by atoms with Crippen molar-refractivity contribution in [1.29, 1.82) is 0 Å². The van der Waals surface area contributed by atoms with Crippen LogP contribution in [0.2, 0.25) is 0 Å². The predicted octanol–water partition coefficient (Wildman–Crippen LogP) is 4.40. The molecule has 4 aromatic rings. The van der Waals surface area contributed by atoms with Gasteiger partial charge in [-0.2, -0.15) is 5.10 Å². The quantitative estimate of drug-likeness (QED) is 0.326. The van der Waals surface area contributed by atoms with E-state index in [0.717, 1.165) is 11.3 Å². The number of nitrogens with zero attached hydrogens (tertiary/aromatic N) is 5. The molecule has 2 heterocycles. The lowest BCUT2D eigenvalue weighted by molar-refractivity contribution is -0.387. The van der Waals surface area contributed by atoms with E-state index in [1.54, 1.807) is 29.2 Å². The highest BCUT2D eigenvalue weighted by atomic mass is 32.2. The van der Waals surface area contributed by atoms with Crippen LogP contribution in [0.1, 0.15) is 21.6 Å². The van der Waals surface area contributed by atoms with E-state index in [-0.39, 0.29) is 11.3 Å². The number of nitrogens with one attached hydrogen (secondary N) is 1. The monoisotopic (exact) mass is 452 g/mol. The fourth-order valence-electron chi connectivity index (χ4n) is 2.81. The Balaban J connectivity index is 1.52. The first-order chi connectivity index (χ1) is 15.0. The molecule has 0 unspecified atom stereocenters. The number of hydrogen-bond donors (Lipinski definition) is 1. The van der Waals surface area contributed by atoms with Crippen molar-refractivity contribution in [3.8, 4) is 0 Å². The van der Waals surface area contributed by atoms with Crippen LogP contribution in [0.15, 0.2) is 69.7 Å². The minimum Gasteiger partial charge on any atom is -0.322 e. The summed E-state index contributed by atoms with van der Waals surface area (Å²) in [6, 6.07) is 11.8. The molecule has 0 spiro atoms. The highest BCUT2D eigenvalue weighted by molar-refractivity contribution is 8.01. The van der Waals surface area contributed by atoms with Crippen molar-refractivity contribution in [2.24, 2.45) is 0 Å². The van der Waals surface area contributed by atoms with Gasteiger partial charge in [0, 0.05) is 28.4 Å². The molecular formula is C20H16N6O3S2. The van der Waals surface area contributed by atoms with Crippen LogP contribution in [0.5, 0.6) is 0 Å². The third-order valence-corrected chi connectivity index (χ3v) is 6.33. The molecule has 31 heavy (non-hydrogen) atoms.